The van der Waals surface area contributed by atoms with Gasteiger partial charge in [0.2, 0.25) is 11.6 Å². The van der Waals surface area contributed by atoms with Crippen molar-refractivity contribution < 1.29 is 18.5 Å². The second-order valence-corrected chi connectivity index (χ2v) is 7.51. The van der Waals surface area contributed by atoms with Crippen molar-refractivity contribution in [2.75, 3.05) is 0 Å². The zero-order valence-electron chi connectivity index (χ0n) is 14.9. The van der Waals surface area contributed by atoms with E-state index in [0.29, 0.717) is 11.1 Å². The lowest BCUT2D eigenvalue weighted by atomic mass is 9.99. The number of furan rings is 1. The van der Waals surface area contributed by atoms with E-state index in [0.717, 1.165) is 20.6 Å². The molecule has 6 heteroatoms. The van der Waals surface area contributed by atoms with Gasteiger partial charge in [-0.15, -0.1) is 0 Å². The van der Waals surface area contributed by atoms with Crippen LogP contribution in [-0.4, -0.2) is 16.7 Å². The average molecular weight is 446 g/mol. The molecule has 0 aliphatic rings. The molecule has 0 amide bonds. The second kappa shape index (κ2) is 6.83. The number of halogens is 1. The van der Waals surface area contributed by atoms with E-state index >= 15 is 0 Å². The Morgan fingerprint density at radius 2 is 1.66 bits per heavy atom. The van der Waals surface area contributed by atoms with Gasteiger partial charge in [-0.3, -0.25) is 9.59 Å². The maximum absolute atomic E-state index is 13.0. The molecule has 0 saturated carbocycles. The summed E-state index contributed by atoms with van der Waals surface area (Å²) in [5, 5.41) is 6.52. The molecule has 140 valence electrons. The van der Waals surface area contributed by atoms with E-state index in [4.69, 9.17) is 8.94 Å². The molecule has 2 heterocycles. The molecule has 0 saturated heterocycles. The summed E-state index contributed by atoms with van der Waals surface area (Å²) in [6.07, 6.45) is 1.18. The van der Waals surface area contributed by atoms with Crippen LogP contribution in [0.5, 0.6) is 0 Å². The van der Waals surface area contributed by atoms with Crippen LogP contribution in [0.15, 0.2) is 86.4 Å². The number of ketones is 2. The SMILES string of the molecule is O=C(c1cc2cc(Br)ccc2o1)c1conc1C(=O)c1ccc2ccccc2c1. The standard InChI is InChI=1S/C23H12BrNO4/c24-17-7-8-19-16(10-17)11-20(29-19)23(27)18-12-28-25-21(18)22(26)15-6-5-13-3-1-2-4-14(13)9-15/h1-12H. The summed E-state index contributed by atoms with van der Waals surface area (Å²) in [5.41, 5.74) is 1.05. The van der Waals surface area contributed by atoms with Gasteiger partial charge in [0.15, 0.2) is 11.5 Å². The number of carbonyl (C=O) groups is 2. The molecular formula is C23H12BrNO4. The minimum atomic E-state index is -0.456. The Hall–Kier alpha value is -3.51. The van der Waals surface area contributed by atoms with Crippen molar-refractivity contribution in [2.45, 2.75) is 0 Å². The van der Waals surface area contributed by atoms with E-state index in [2.05, 4.69) is 21.1 Å². The fourth-order valence-corrected chi connectivity index (χ4v) is 3.67. The van der Waals surface area contributed by atoms with Gasteiger partial charge in [-0.1, -0.05) is 57.5 Å². The summed E-state index contributed by atoms with van der Waals surface area (Å²) in [6, 6.07) is 20.2. The van der Waals surface area contributed by atoms with Crippen molar-refractivity contribution >= 4 is 49.2 Å². The quantitative estimate of drug-likeness (QED) is 0.327. The van der Waals surface area contributed by atoms with Gasteiger partial charge in [0.05, 0.1) is 5.56 Å². The number of hydrogen-bond acceptors (Lipinski definition) is 5. The highest BCUT2D eigenvalue weighted by atomic mass is 79.9. The van der Waals surface area contributed by atoms with Crippen LogP contribution < -0.4 is 0 Å². The van der Waals surface area contributed by atoms with Gasteiger partial charge in [0.1, 0.15) is 11.8 Å². The summed E-state index contributed by atoms with van der Waals surface area (Å²) >= 11 is 3.39. The molecule has 0 unspecified atom stereocenters. The first kappa shape index (κ1) is 17.6. The van der Waals surface area contributed by atoms with E-state index in [1.807, 2.05) is 42.5 Å². The minimum Gasteiger partial charge on any atom is -0.453 e. The van der Waals surface area contributed by atoms with E-state index < -0.39 is 5.78 Å². The van der Waals surface area contributed by atoms with Crippen LogP contribution in [0.3, 0.4) is 0 Å². The number of nitrogens with zero attached hydrogens (tertiary/aromatic N) is 1. The van der Waals surface area contributed by atoms with E-state index in [1.54, 1.807) is 24.3 Å². The Labute approximate surface area is 173 Å². The number of benzene rings is 3. The van der Waals surface area contributed by atoms with Gasteiger partial charge in [-0.05, 0) is 41.1 Å². The number of carbonyl (C=O) groups excluding carboxylic acids is 2. The predicted molar refractivity (Wildman–Crippen MR) is 111 cm³/mol. The molecule has 3 aromatic carbocycles. The molecule has 0 radical (unpaired) electrons. The zero-order chi connectivity index (χ0) is 20.0. The van der Waals surface area contributed by atoms with Gasteiger partial charge in [0, 0.05) is 15.4 Å². The van der Waals surface area contributed by atoms with E-state index in [-0.39, 0.29) is 22.8 Å². The number of aromatic nitrogens is 1. The highest BCUT2D eigenvalue weighted by Crippen LogP contribution is 2.26. The predicted octanol–water partition coefficient (Wildman–Crippen LogP) is 5.80. The summed E-state index contributed by atoms with van der Waals surface area (Å²) in [6.45, 7) is 0. The van der Waals surface area contributed by atoms with Crippen molar-refractivity contribution in [1.29, 1.82) is 0 Å². The highest BCUT2D eigenvalue weighted by molar-refractivity contribution is 9.10. The van der Waals surface area contributed by atoms with Crippen LogP contribution in [0.2, 0.25) is 0 Å². The molecule has 2 aromatic heterocycles. The molecule has 0 N–H and O–H groups in total. The van der Waals surface area contributed by atoms with Crippen molar-refractivity contribution in [3.63, 3.8) is 0 Å². The fraction of sp³-hybridized carbons (Fsp3) is 0. The lowest BCUT2D eigenvalue weighted by Crippen LogP contribution is -2.09. The Kier molecular flexibility index (Phi) is 4.14. The van der Waals surface area contributed by atoms with Gasteiger partial charge >= 0.3 is 0 Å². The van der Waals surface area contributed by atoms with Gasteiger partial charge in [-0.2, -0.15) is 0 Å². The Balaban J connectivity index is 1.53. The number of hydrogen-bond donors (Lipinski definition) is 0. The second-order valence-electron chi connectivity index (χ2n) is 6.59. The fourth-order valence-electron chi connectivity index (χ4n) is 3.29. The zero-order valence-corrected chi connectivity index (χ0v) is 16.5. The van der Waals surface area contributed by atoms with Crippen molar-refractivity contribution in [3.8, 4) is 0 Å². The summed E-state index contributed by atoms with van der Waals surface area (Å²) in [7, 11) is 0. The molecule has 5 rings (SSSR count). The monoisotopic (exact) mass is 445 g/mol. The molecule has 5 aromatic rings. The summed E-state index contributed by atoms with van der Waals surface area (Å²) in [4.78, 5) is 26.0. The lowest BCUT2D eigenvalue weighted by molar-refractivity contribution is 0.0988. The number of rotatable bonds is 4. The summed E-state index contributed by atoms with van der Waals surface area (Å²) in [5.74, 6) is -0.719. The third kappa shape index (κ3) is 3.07. The van der Waals surface area contributed by atoms with Gasteiger partial charge < -0.3 is 8.94 Å². The Morgan fingerprint density at radius 1 is 0.828 bits per heavy atom. The van der Waals surface area contributed by atoms with Crippen molar-refractivity contribution in [2.24, 2.45) is 0 Å². The molecule has 0 bridgehead atoms. The first-order valence-electron chi connectivity index (χ1n) is 8.82. The number of fused-ring (bicyclic) bond motifs is 2. The smallest absolute Gasteiger partial charge is 0.233 e. The maximum Gasteiger partial charge on any atom is 0.233 e. The third-order valence-electron chi connectivity index (χ3n) is 4.74. The molecule has 0 aliphatic carbocycles. The van der Waals surface area contributed by atoms with Crippen LogP contribution in [-0.2, 0) is 0 Å². The maximum atomic E-state index is 13.0. The Morgan fingerprint density at radius 3 is 2.52 bits per heavy atom. The van der Waals surface area contributed by atoms with Crippen LogP contribution >= 0.6 is 15.9 Å². The molecule has 0 aliphatic heterocycles. The molecule has 0 fully saturated rings. The largest absolute Gasteiger partial charge is 0.453 e. The minimum absolute atomic E-state index is 0.0353. The third-order valence-corrected chi connectivity index (χ3v) is 5.24. The van der Waals surface area contributed by atoms with E-state index in [9.17, 15) is 9.59 Å². The summed E-state index contributed by atoms with van der Waals surface area (Å²) < 4.78 is 11.5. The average Bonchev–Trinajstić information content (AvgIpc) is 3.39. The lowest BCUT2D eigenvalue weighted by Gasteiger charge is -2.02. The van der Waals surface area contributed by atoms with Crippen LogP contribution in [0.25, 0.3) is 21.7 Å². The van der Waals surface area contributed by atoms with Crippen LogP contribution in [0.4, 0.5) is 0 Å². The topological polar surface area (TPSA) is 73.3 Å². The highest BCUT2D eigenvalue weighted by Gasteiger charge is 2.26. The Bertz CT molecular complexity index is 1410. The molecule has 0 spiro atoms. The molecule has 5 nitrogen and oxygen atoms in total. The van der Waals surface area contributed by atoms with E-state index in [1.165, 1.54) is 6.26 Å². The molecular weight excluding hydrogens is 434 g/mol. The van der Waals surface area contributed by atoms with Crippen LogP contribution in [0.1, 0.15) is 32.2 Å². The van der Waals surface area contributed by atoms with Crippen molar-refractivity contribution in [1.82, 2.24) is 5.16 Å². The normalized spacial score (nSPS) is 11.2. The first-order valence-corrected chi connectivity index (χ1v) is 9.61. The van der Waals surface area contributed by atoms with Crippen LogP contribution in [0, 0.1) is 0 Å². The van der Waals surface area contributed by atoms with Crippen molar-refractivity contribution in [3.05, 3.63) is 100 Å². The molecule has 29 heavy (non-hydrogen) atoms. The molecule has 0 atom stereocenters. The van der Waals surface area contributed by atoms with Gasteiger partial charge in [0.25, 0.3) is 0 Å². The first-order chi connectivity index (χ1) is 14.1. The van der Waals surface area contributed by atoms with Gasteiger partial charge in [-0.25, -0.2) is 0 Å².